The van der Waals surface area contributed by atoms with Gasteiger partial charge in [-0.2, -0.15) is 0 Å². The summed E-state index contributed by atoms with van der Waals surface area (Å²) in [5.74, 6) is 2.84. The Morgan fingerprint density at radius 3 is 2.61 bits per heavy atom. The minimum absolute atomic E-state index is 0.0562. The fourth-order valence-corrected chi connectivity index (χ4v) is 4.40. The first-order valence-corrected chi connectivity index (χ1v) is 9.58. The van der Waals surface area contributed by atoms with Crippen LogP contribution >= 0.6 is 0 Å². The molecule has 0 unspecified atom stereocenters. The van der Waals surface area contributed by atoms with Crippen LogP contribution < -0.4 is 0 Å². The number of hydrogen-bond donors (Lipinski definition) is 0. The van der Waals surface area contributed by atoms with Gasteiger partial charge in [0.15, 0.2) is 0 Å². The Bertz CT molecular complexity index is 407. The first-order chi connectivity index (χ1) is 11.1. The van der Waals surface area contributed by atoms with Crippen molar-refractivity contribution < 1.29 is 14.3 Å². The number of ether oxygens (including phenoxy) is 2. The van der Waals surface area contributed by atoms with E-state index in [2.05, 4.69) is 18.7 Å². The Morgan fingerprint density at radius 2 is 1.96 bits per heavy atom. The van der Waals surface area contributed by atoms with Gasteiger partial charge in [0.1, 0.15) is 0 Å². The quantitative estimate of drug-likeness (QED) is 0.675. The number of nitrogens with zero attached hydrogens (tertiary/aromatic N) is 1. The third-order valence-electron chi connectivity index (χ3n) is 5.96. The van der Waals surface area contributed by atoms with Crippen LogP contribution in [0.5, 0.6) is 0 Å². The van der Waals surface area contributed by atoms with Crippen molar-refractivity contribution in [3.63, 3.8) is 0 Å². The second-order valence-electron chi connectivity index (χ2n) is 8.17. The average molecular weight is 323 g/mol. The maximum atomic E-state index is 12.0. The Morgan fingerprint density at radius 1 is 1.22 bits per heavy atom. The molecule has 3 aliphatic rings. The van der Waals surface area contributed by atoms with Gasteiger partial charge in [0.25, 0.3) is 0 Å². The minimum atomic E-state index is -0.0562. The number of esters is 1. The molecule has 2 saturated carbocycles. The Labute approximate surface area is 140 Å². The van der Waals surface area contributed by atoms with Crippen LogP contribution in [0.1, 0.15) is 52.9 Å². The Hall–Kier alpha value is -0.610. The van der Waals surface area contributed by atoms with Gasteiger partial charge in [0.2, 0.25) is 0 Å². The lowest BCUT2D eigenvalue weighted by Crippen LogP contribution is -2.40. The van der Waals surface area contributed by atoms with E-state index in [9.17, 15) is 4.79 Å². The second kappa shape index (κ2) is 7.52. The lowest BCUT2D eigenvalue weighted by atomic mass is 9.85. The third kappa shape index (κ3) is 4.48. The van der Waals surface area contributed by atoms with E-state index in [-0.39, 0.29) is 5.97 Å². The molecule has 3 rings (SSSR count). The second-order valence-corrected chi connectivity index (χ2v) is 8.17. The van der Waals surface area contributed by atoms with Gasteiger partial charge in [0, 0.05) is 12.6 Å². The summed E-state index contributed by atoms with van der Waals surface area (Å²) < 4.78 is 11.3. The molecule has 4 heteroatoms. The van der Waals surface area contributed by atoms with Crippen LogP contribution in [0.3, 0.4) is 0 Å². The molecule has 4 nitrogen and oxygen atoms in total. The summed E-state index contributed by atoms with van der Waals surface area (Å²) >= 11 is 0. The van der Waals surface area contributed by atoms with Crippen LogP contribution in [-0.4, -0.2) is 49.3 Å². The summed E-state index contributed by atoms with van der Waals surface area (Å²) in [5.41, 5.74) is 0. The third-order valence-corrected chi connectivity index (χ3v) is 5.96. The molecule has 3 fully saturated rings. The van der Waals surface area contributed by atoms with Gasteiger partial charge >= 0.3 is 5.97 Å². The molecule has 0 aromatic carbocycles. The molecule has 23 heavy (non-hydrogen) atoms. The van der Waals surface area contributed by atoms with Crippen molar-refractivity contribution >= 4 is 5.97 Å². The molecule has 0 amide bonds. The molecule has 0 N–H and O–H groups in total. The molecule has 0 bridgehead atoms. The van der Waals surface area contributed by atoms with Gasteiger partial charge < -0.3 is 9.47 Å². The molecule has 0 aromatic heterocycles. The summed E-state index contributed by atoms with van der Waals surface area (Å²) in [6.45, 7) is 9.36. The SMILES string of the molecule is CCOC(=O)CN(CC1CC1)[C@@H]1C[C@@H]2CO[C@H](C(C)C)C[C@@H]2C1. The highest BCUT2D eigenvalue weighted by atomic mass is 16.5. The fourth-order valence-electron chi connectivity index (χ4n) is 4.40. The maximum absolute atomic E-state index is 12.0. The van der Waals surface area contributed by atoms with Gasteiger partial charge in [-0.25, -0.2) is 0 Å². The highest BCUT2D eigenvalue weighted by Crippen LogP contribution is 2.43. The summed E-state index contributed by atoms with van der Waals surface area (Å²) in [7, 11) is 0. The van der Waals surface area contributed by atoms with E-state index >= 15 is 0 Å². The molecule has 0 radical (unpaired) electrons. The summed E-state index contributed by atoms with van der Waals surface area (Å²) in [4.78, 5) is 14.4. The van der Waals surface area contributed by atoms with Crippen LogP contribution in [-0.2, 0) is 14.3 Å². The van der Waals surface area contributed by atoms with Crippen molar-refractivity contribution in [2.24, 2.45) is 23.7 Å². The van der Waals surface area contributed by atoms with E-state index in [1.807, 2.05) is 6.92 Å². The van der Waals surface area contributed by atoms with Crippen molar-refractivity contribution in [1.82, 2.24) is 4.90 Å². The van der Waals surface area contributed by atoms with Crippen molar-refractivity contribution in [2.45, 2.75) is 65.0 Å². The molecule has 132 valence electrons. The average Bonchev–Trinajstić information content (AvgIpc) is 3.22. The van der Waals surface area contributed by atoms with E-state index in [1.54, 1.807) is 0 Å². The first kappa shape index (κ1) is 17.2. The van der Waals surface area contributed by atoms with Crippen LogP contribution in [0.15, 0.2) is 0 Å². The topological polar surface area (TPSA) is 38.8 Å². The predicted molar refractivity (Wildman–Crippen MR) is 90.1 cm³/mol. The van der Waals surface area contributed by atoms with E-state index < -0.39 is 0 Å². The highest BCUT2D eigenvalue weighted by Gasteiger charge is 2.43. The van der Waals surface area contributed by atoms with E-state index in [0.717, 1.165) is 25.0 Å². The summed E-state index contributed by atoms with van der Waals surface area (Å²) in [5, 5.41) is 0. The molecule has 0 spiro atoms. The number of hydrogen-bond acceptors (Lipinski definition) is 4. The van der Waals surface area contributed by atoms with Crippen molar-refractivity contribution in [2.75, 3.05) is 26.3 Å². The number of carbonyl (C=O) groups excluding carboxylic acids is 1. The standard InChI is InChI=1S/C19H33NO3/c1-4-22-19(21)11-20(10-14-5-6-14)17-7-15-9-18(13(2)3)23-12-16(15)8-17/h13-18H,4-12H2,1-3H3/t15-,16+,17-,18-/m0/s1. The van der Waals surface area contributed by atoms with Gasteiger partial charge in [0.05, 0.1) is 25.9 Å². The molecule has 1 saturated heterocycles. The van der Waals surface area contributed by atoms with Gasteiger partial charge in [-0.15, -0.1) is 0 Å². The fraction of sp³-hybridized carbons (Fsp3) is 0.947. The van der Waals surface area contributed by atoms with Crippen LogP contribution in [0.4, 0.5) is 0 Å². The zero-order chi connectivity index (χ0) is 16.4. The largest absolute Gasteiger partial charge is 0.465 e. The summed E-state index contributed by atoms with van der Waals surface area (Å²) in [6.07, 6.45) is 6.73. The van der Waals surface area contributed by atoms with Crippen molar-refractivity contribution in [3.05, 3.63) is 0 Å². The van der Waals surface area contributed by atoms with E-state index in [0.29, 0.717) is 37.1 Å². The lowest BCUT2D eigenvalue weighted by molar-refractivity contribution is -0.145. The van der Waals surface area contributed by atoms with Crippen molar-refractivity contribution in [1.29, 1.82) is 0 Å². The van der Waals surface area contributed by atoms with Gasteiger partial charge in [-0.3, -0.25) is 9.69 Å². The molecule has 0 aromatic rings. The zero-order valence-electron chi connectivity index (χ0n) is 15.0. The van der Waals surface area contributed by atoms with E-state index in [4.69, 9.17) is 9.47 Å². The van der Waals surface area contributed by atoms with Crippen LogP contribution in [0.2, 0.25) is 0 Å². The smallest absolute Gasteiger partial charge is 0.320 e. The minimum Gasteiger partial charge on any atom is -0.465 e. The molecule has 2 aliphatic carbocycles. The molecular weight excluding hydrogens is 290 g/mol. The monoisotopic (exact) mass is 323 g/mol. The highest BCUT2D eigenvalue weighted by molar-refractivity contribution is 5.71. The summed E-state index contributed by atoms with van der Waals surface area (Å²) in [6, 6.07) is 0.546. The van der Waals surface area contributed by atoms with Crippen LogP contribution in [0.25, 0.3) is 0 Å². The maximum Gasteiger partial charge on any atom is 0.320 e. The molecular formula is C19H33NO3. The van der Waals surface area contributed by atoms with Crippen molar-refractivity contribution in [3.8, 4) is 0 Å². The zero-order valence-corrected chi connectivity index (χ0v) is 15.0. The number of rotatable bonds is 7. The number of fused-ring (bicyclic) bond motifs is 1. The Kier molecular flexibility index (Phi) is 5.63. The van der Waals surface area contributed by atoms with Gasteiger partial charge in [-0.05, 0) is 62.7 Å². The van der Waals surface area contributed by atoms with Crippen LogP contribution in [0, 0.1) is 23.7 Å². The Balaban J connectivity index is 1.58. The molecule has 4 atom stereocenters. The predicted octanol–water partition coefficient (Wildman–Crippen LogP) is 3.10. The first-order valence-electron chi connectivity index (χ1n) is 9.58. The van der Waals surface area contributed by atoms with E-state index in [1.165, 1.54) is 32.1 Å². The number of carbonyl (C=O) groups is 1. The van der Waals surface area contributed by atoms with Gasteiger partial charge in [-0.1, -0.05) is 13.8 Å². The lowest BCUT2D eigenvalue weighted by Gasteiger charge is -2.34. The normalized spacial score (nSPS) is 34.0. The molecule has 1 heterocycles. The molecule has 1 aliphatic heterocycles.